The van der Waals surface area contributed by atoms with Crippen molar-refractivity contribution in [1.29, 1.82) is 0 Å². The van der Waals surface area contributed by atoms with E-state index in [2.05, 4.69) is 201 Å². The molecular formula is C60H62Br4N8. The number of hydrogen-bond acceptors (Lipinski definition) is 2. The van der Waals surface area contributed by atoms with Crippen LogP contribution < -0.4 is 86.2 Å². The zero-order chi connectivity index (χ0) is 46.7. The van der Waals surface area contributed by atoms with Gasteiger partial charge in [-0.2, -0.15) is 0 Å². The Balaban J connectivity index is 0.00000241. The van der Waals surface area contributed by atoms with Gasteiger partial charge in [0.1, 0.15) is 26.2 Å². The van der Waals surface area contributed by atoms with Crippen LogP contribution in [0.1, 0.15) is 74.1 Å². The predicted octanol–water partition coefficient (Wildman–Crippen LogP) is 0.354. The van der Waals surface area contributed by atoms with Crippen molar-refractivity contribution in [3.8, 4) is 44.5 Å². The van der Waals surface area contributed by atoms with Gasteiger partial charge in [-0.3, -0.25) is 0 Å². The number of unbranched alkanes of at least 4 members (excludes halogenated alkanes) is 4. The molecule has 0 aromatic carbocycles. The first-order valence-electron chi connectivity index (χ1n) is 24.1. The minimum absolute atomic E-state index is 0. The van der Waals surface area contributed by atoms with Gasteiger partial charge in [-0.05, 0) is 98.5 Å². The lowest BCUT2D eigenvalue weighted by molar-refractivity contribution is -0.696. The van der Waals surface area contributed by atoms with E-state index in [-0.39, 0.29) is 67.9 Å². The van der Waals surface area contributed by atoms with E-state index in [9.17, 15) is 0 Å². The summed E-state index contributed by atoms with van der Waals surface area (Å²) in [7, 11) is 0. The van der Waals surface area contributed by atoms with Gasteiger partial charge >= 0.3 is 0 Å². The van der Waals surface area contributed by atoms with E-state index < -0.39 is 0 Å². The predicted molar refractivity (Wildman–Crippen MR) is 279 cm³/mol. The second kappa shape index (κ2) is 27.8. The number of halogens is 4. The van der Waals surface area contributed by atoms with E-state index in [1.165, 1.54) is 0 Å². The highest BCUT2D eigenvalue weighted by Crippen LogP contribution is 2.38. The van der Waals surface area contributed by atoms with Crippen LogP contribution in [-0.4, -0.2) is 19.9 Å². The quantitative estimate of drug-likeness (QED) is 0.0659. The fraction of sp³-hybridized carbons (Fsp3) is 0.200. The second-order valence-corrected chi connectivity index (χ2v) is 17.5. The van der Waals surface area contributed by atoms with Crippen molar-refractivity contribution >= 4 is 46.4 Å². The fourth-order valence-electron chi connectivity index (χ4n) is 9.33. The van der Waals surface area contributed by atoms with E-state index >= 15 is 0 Å². The number of nitrogens with zero attached hydrogens (tertiary/aromatic N) is 6. The lowest BCUT2D eigenvalue weighted by Crippen LogP contribution is -3.00. The molecule has 2 aliphatic heterocycles. The van der Waals surface area contributed by atoms with Gasteiger partial charge in [0.05, 0.1) is 28.3 Å². The molecule has 0 radical (unpaired) electrons. The van der Waals surface area contributed by atoms with Gasteiger partial charge in [0.15, 0.2) is 49.6 Å². The van der Waals surface area contributed by atoms with Gasteiger partial charge < -0.3 is 77.9 Å². The first-order chi connectivity index (χ1) is 33.5. The highest BCUT2D eigenvalue weighted by molar-refractivity contribution is 5.99. The average Bonchev–Trinajstić information content (AvgIpc) is 4.21. The van der Waals surface area contributed by atoms with Crippen molar-refractivity contribution < 1.29 is 86.2 Å². The molecule has 12 heteroatoms. The summed E-state index contributed by atoms with van der Waals surface area (Å²) < 4.78 is 9.10. The molecule has 9 heterocycles. The Labute approximate surface area is 466 Å². The van der Waals surface area contributed by atoms with Crippen LogP contribution in [-0.2, 0) is 26.2 Å². The van der Waals surface area contributed by atoms with E-state index in [0.717, 1.165) is 167 Å². The van der Waals surface area contributed by atoms with Crippen molar-refractivity contribution in [3.05, 3.63) is 196 Å². The first kappa shape index (κ1) is 57.0. The van der Waals surface area contributed by atoms with E-state index in [1.54, 1.807) is 0 Å². The summed E-state index contributed by atoms with van der Waals surface area (Å²) in [6.07, 6.45) is 42.1. The first-order valence-corrected chi connectivity index (χ1v) is 24.1. The van der Waals surface area contributed by atoms with Crippen LogP contribution >= 0.6 is 0 Å². The molecule has 0 unspecified atom stereocenters. The zero-order valence-electron chi connectivity index (χ0n) is 40.7. The van der Waals surface area contributed by atoms with Crippen LogP contribution in [0.3, 0.4) is 0 Å². The smallest absolute Gasteiger partial charge is 0.176 e. The molecule has 370 valence electrons. The topological polar surface area (TPSA) is 72.9 Å². The van der Waals surface area contributed by atoms with Crippen LogP contribution in [0.4, 0.5) is 0 Å². The number of H-pyrrole nitrogens is 2. The standard InChI is InChI=1S/C60H62N8.4BrH/c1-5-9-13-33-65-37-17-21-45(41-65)57-49-25-27-51(61-49)58(46-22-18-38-66(42-46)34-14-10-6-2)53-29-31-55(63-53)60(48-24-20-40-68(44-48)36-16-12-8-4)56-32-30-54(64-56)59(52-28-26-50(57)62-52)47-23-19-39-67(43-47)35-15-11-7-3;;;;/h5-8,17-32,37-44,61-62H,1-4,9-16,33-36H2;4*1H/q+4;;;;/p-4. The van der Waals surface area contributed by atoms with Gasteiger partial charge in [-0.15, -0.1) is 26.3 Å². The number of allylic oxidation sites excluding steroid dienone is 4. The number of fused-ring (bicyclic) bond motifs is 8. The molecule has 0 saturated heterocycles. The van der Waals surface area contributed by atoms with E-state index in [4.69, 9.17) is 9.97 Å². The molecule has 8 nitrogen and oxygen atoms in total. The van der Waals surface area contributed by atoms with Gasteiger partial charge in [0.25, 0.3) is 0 Å². The Bertz CT molecular complexity index is 3100. The summed E-state index contributed by atoms with van der Waals surface area (Å²) in [5, 5.41) is 0. The Morgan fingerprint density at radius 1 is 0.361 bits per heavy atom. The van der Waals surface area contributed by atoms with Gasteiger partial charge in [0.2, 0.25) is 0 Å². The molecule has 0 spiro atoms. The third-order valence-electron chi connectivity index (χ3n) is 12.6. The molecule has 0 fully saturated rings. The molecule has 0 amide bonds. The number of pyridine rings is 4. The third kappa shape index (κ3) is 13.4. The molecule has 72 heavy (non-hydrogen) atoms. The summed E-state index contributed by atoms with van der Waals surface area (Å²) in [6.45, 7) is 19.4. The summed E-state index contributed by atoms with van der Waals surface area (Å²) in [5.74, 6) is 0. The number of aryl methyl sites for hydroxylation is 4. The Morgan fingerprint density at radius 2 is 0.625 bits per heavy atom. The fourth-order valence-corrected chi connectivity index (χ4v) is 9.33. The van der Waals surface area contributed by atoms with Crippen molar-refractivity contribution in [1.82, 2.24) is 19.9 Å². The maximum atomic E-state index is 5.57. The Kier molecular flexibility index (Phi) is 22.0. The van der Waals surface area contributed by atoms with Crippen LogP contribution in [0.2, 0.25) is 0 Å². The number of rotatable bonds is 20. The summed E-state index contributed by atoms with van der Waals surface area (Å²) in [4.78, 5) is 19.1. The van der Waals surface area contributed by atoms with Crippen LogP contribution in [0, 0.1) is 0 Å². The van der Waals surface area contributed by atoms with E-state index in [0.29, 0.717) is 0 Å². The lowest BCUT2D eigenvalue weighted by atomic mass is 10.0. The van der Waals surface area contributed by atoms with Gasteiger partial charge in [-0.25, -0.2) is 28.2 Å². The van der Waals surface area contributed by atoms with Crippen molar-refractivity contribution in [2.45, 2.75) is 77.5 Å². The number of hydrogen-bond donors (Lipinski definition) is 2. The van der Waals surface area contributed by atoms with Crippen LogP contribution in [0.15, 0.2) is 173 Å². The molecule has 7 aromatic heterocycles. The van der Waals surface area contributed by atoms with Gasteiger partial charge in [0, 0.05) is 111 Å². The molecule has 0 aliphatic carbocycles. The summed E-state index contributed by atoms with van der Waals surface area (Å²) in [5.41, 5.74) is 15.8. The van der Waals surface area contributed by atoms with Crippen molar-refractivity contribution in [2.75, 3.05) is 0 Å². The monoisotopic (exact) mass is 1210 g/mol. The average molecular weight is 1210 g/mol. The molecule has 8 bridgehead atoms. The summed E-state index contributed by atoms with van der Waals surface area (Å²) in [6, 6.07) is 26.2. The number of nitrogens with one attached hydrogen (secondary N) is 2. The lowest BCUT2D eigenvalue weighted by Gasteiger charge is -2.07. The molecular weight excluding hydrogens is 1150 g/mol. The third-order valence-corrected chi connectivity index (χ3v) is 12.6. The minimum Gasteiger partial charge on any atom is -1.00 e. The van der Waals surface area contributed by atoms with Crippen LogP contribution in [0.25, 0.3) is 90.9 Å². The molecule has 0 saturated carbocycles. The largest absolute Gasteiger partial charge is 1.00 e. The molecule has 0 atom stereocenters. The SMILES string of the molecule is C=CCCC[n+]1cccc(-c2c3nc(c(-c4ccc[n+](CCCC=C)c4)c4ccc([nH]4)c(-c4ccc[n+](CCCC=C)c4)c4ccc([nH]4)c(-c4ccc[n+](CCCC=C)c4)c4nc2C=C4)C=C3)c1.[Br-].[Br-].[Br-].[Br-]. The van der Waals surface area contributed by atoms with Crippen LogP contribution in [0.5, 0.6) is 0 Å². The highest BCUT2D eigenvalue weighted by Gasteiger charge is 2.22. The highest BCUT2D eigenvalue weighted by atomic mass is 79.9. The molecule has 9 rings (SSSR count). The summed E-state index contributed by atoms with van der Waals surface area (Å²) >= 11 is 0. The number of aromatic amines is 2. The molecule has 7 aromatic rings. The Hall–Kier alpha value is -5.92. The zero-order valence-corrected chi connectivity index (χ0v) is 47.0. The van der Waals surface area contributed by atoms with Gasteiger partial charge in [-0.1, -0.05) is 24.3 Å². The van der Waals surface area contributed by atoms with E-state index in [1.807, 2.05) is 24.3 Å². The molecule has 2 aliphatic rings. The molecule has 2 N–H and O–H groups in total. The normalized spacial score (nSPS) is 11.1. The Morgan fingerprint density at radius 3 is 0.931 bits per heavy atom. The number of aromatic nitrogens is 8. The maximum Gasteiger partial charge on any atom is 0.176 e. The second-order valence-electron chi connectivity index (χ2n) is 17.5. The van der Waals surface area contributed by atoms with Crippen molar-refractivity contribution in [2.24, 2.45) is 0 Å². The maximum absolute atomic E-state index is 5.57. The van der Waals surface area contributed by atoms with Crippen molar-refractivity contribution in [3.63, 3.8) is 0 Å². The minimum atomic E-state index is 0.